The van der Waals surface area contributed by atoms with Crippen LogP contribution in [0.1, 0.15) is 66.2 Å². The van der Waals surface area contributed by atoms with Gasteiger partial charge in [0, 0.05) is 25.2 Å². The quantitative estimate of drug-likeness (QED) is 0.390. The molecule has 5 atom stereocenters. The second kappa shape index (κ2) is 8.78. The summed E-state index contributed by atoms with van der Waals surface area (Å²) in [5.41, 5.74) is -2.55. The number of likely N-dealkylation sites (tertiary alicyclic amines) is 1. The zero-order valence-corrected chi connectivity index (χ0v) is 19.8. The minimum absolute atomic E-state index is 0.129. The molecule has 2 unspecified atom stereocenters. The van der Waals surface area contributed by atoms with Gasteiger partial charge in [-0.2, -0.15) is 0 Å². The van der Waals surface area contributed by atoms with E-state index in [1.807, 2.05) is 20.8 Å². The molecule has 3 heterocycles. The number of carbonyl (C=O) groups is 3. The smallest absolute Gasteiger partial charge is 0.310 e. The number of ether oxygens (including phenoxy) is 1. The molecule has 3 aliphatic heterocycles. The molecule has 3 aliphatic rings. The molecular formula is C24H38N2O6. The molecule has 0 aliphatic carbocycles. The Bertz CT molecular complexity index is 777. The van der Waals surface area contributed by atoms with Gasteiger partial charge in [0.25, 0.3) is 0 Å². The summed E-state index contributed by atoms with van der Waals surface area (Å²) in [4.78, 5) is 43.2. The molecule has 2 bridgehead atoms. The van der Waals surface area contributed by atoms with E-state index in [1.54, 1.807) is 22.8 Å². The van der Waals surface area contributed by atoms with Crippen LogP contribution in [0.2, 0.25) is 0 Å². The number of unbranched alkanes of at least 4 members (excludes halogenated alkanes) is 3. The number of rotatable bonds is 10. The van der Waals surface area contributed by atoms with E-state index in [0.717, 1.165) is 12.8 Å². The van der Waals surface area contributed by atoms with Crippen LogP contribution in [0.5, 0.6) is 0 Å². The van der Waals surface area contributed by atoms with E-state index in [-0.39, 0.29) is 18.4 Å². The zero-order valence-electron chi connectivity index (χ0n) is 19.8. The van der Waals surface area contributed by atoms with E-state index >= 15 is 0 Å². The lowest BCUT2D eigenvalue weighted by molar-refractivity contribution is -0.157. The molecule has 180 valence electrons. The van der Waals surface area contributed by atoms with Crippen LogP contribution in [0.4, 0.5) is 0 Å². The van der Waals surface area contributed by atoms with Gasteiger partial charge >= 0.3 is 5.97 Å². The van der Waals surface area contributed by atoms with Crippen molar-refractivity contribution >= 4 is 17.8 Å². The molecule has 3 saturated heterocycles. The number of hydrogen-bond acceptors (Lipinski definition) is 5. The summed E-state index contributed by atoms with van der Waals surface area (Å²) in [6, 6.07) is -0.844. The van der Waals surface area contributed by atoms with Gasteiger partial charge in [-0.15, -0.1) is 6.58 Å². The molecule has 1 spiro atoms. The molecule has 0 radical (unpaired) electrons. The van der Waals surface area contributed by atoms with Gasteiger partial charge < -0.3 is 24.7 Å². The third kappa shape index (κ3) is 3.85. The average Bonchev–Trinajstić information content (AvgIpc) is 3.25. The zero-order chi connectivity index (χ0) is 23.9. The first-order chi connectivity index (χ1) is 14.9. The maximum absolute atomic E-state index is 14.0. The number of amides is 2. The Hall–Kier alpha value is -1.93. The highest BCUT2D eigenvalue weighted by atomic mass is 16.5. The minimum Gasteiger partial charge on any atom is -0.481 e. The van der Waals surface area contributed by atoms with E-state index < -0.39 is 40.6 Å². The lowest BCUT2D eigenvalue weighted by Gasteiger charge is -2.42. The summed E-state index contributed by atoms with van der Waals surface area (Å²) in [6.45, 7) is 12.2. The fourth-order valence-corrected chi connectivity index (χ4v) is 6.04. The molecule has 2 amide bonds. The molecule has 32 heavy (non-hydrogen) atoms. The summed E-state index contributed by atoms with van der Waals surface area (Å²) in [5, 5.41) is 19.0. The molecular weight excluding hydrogens is 412 g/mol. The predicted molar refractivity (Wildman–Crippen MR) is 119 cm³/mol. The van der Waals surface area contributed by atoms with Crippen molar-refractivity contribution in [2.24, 2.45) is 11.8 Å². The Morgan fingerprint density at radius 1 is 1.25 bits per heavy atom. The lowest BCUT2D eigenvalue weighted by Crippen LogP contribution is -2.60. The first-order valence-electron chi connectivity index (χ1n) is 11.7. The average molecular weight is 451 g/mol. The number of aliphatic carboxylic acids is 1. The van der Waals surface area contributed by atoms with Crippen molar-refractivity contribution in [1.29, 1.82) is 0 Å². The van der Waals surface area contributed by atoms with Crippen LogP contribution >= 0.6 is 0 Å². The van der Waals surface area contributed by atoms with Gasteiger partial charge in [-0.05, 0) is 53.4 Å². The number of aliphatic hydroxyl groups excluding tert-OH is 1. The predicted octanol–water partition coefficient (Wildman–Crippen LogP) is 2.20. The fourth-order valence-electron chi connectivity index (χ4n) is 6.04. The summed E-state index contributed by atoms with van der Waals surface area (Å²) < 4.78 is 6.42. The highest BCUT2D eigenvalue weighted by Gasteiger charge is 2.78. The van der Waals surface area contributed by atoms with Gasteiger partial charge in [0.1, 0.15) is 11.6 Å². The Kier molecular flexibility index (Phi) is 6.78. The molecule has 0 saturated carbocycles. The van der Waals surface area contributed by atoms with Crippen molar-refractivity contribution in [3.05, 3.63) is 12.7 Å². The number of nitrogens with zero attached hydrogens (tertiary/aromatic N) is 2. The SMILES string of the molecule is C=CCN(C(=O)C1N(CCCCCCO)C(=O)[C@@H]2[C@H](C(=O)O)[C@]3(C)CCC12O3)C(C)(C)C. The van der Waals surface area contributed by atoms with E-state index in [9.17, 15) is 19.5 Å². The first-order valence-corrected chi connectivity index (χ1v) is 11.7. The normalized spacial score (nSPS) is 33.5. The number of carboxylic acids is 1. The van der Waals surface area contributed by atoms with Crippen LogP contribution in [0.15, 0.2) is 12.7 Å². The third-order valence-electron chi connectivity index (χ3n) is 7.47. The lowest BCUT2D eigenvalue weighted by atomic mass is 9.66. The monoisotopic (exact) mass is 450 g/mol. The first kappa shape index (κ1) is 24.7. The Balaban J connectivity index is 1.99. The minimum atomic E-state index is -1.11. The summed E-state index contributed by atoms with van der Waals surface area (Å²) in [5.74, 6) is -3.34. The number of carbonyl (C=O) groups excluding carboxylic acids is 2. The number of aliphatic hydroxyl groups is 1. The van der Waals surface area contributed by atoms with Crippen molar-refractivity contribution in [3.8, 4) is 0 Å². The van der Waals surface area contributed by atoms with Gasteiger partial charge in [-0.3, -0.25) is 14.4 Å². The van der Waals surface area contributed by atoms with Crippen molar-refractivity contribution in [1.82, 2.24) is 9.80 Å². The topological polar surface area (TPSA) is 107 Å². The van der Waals surface area contributed by atoms with E-state index in [2.05, 4.69) is 6.58 Å². The summed E-state index contributed by atoms with van der Waals surface area (Å²) in [7, 11) is 0. The molecule has 2 N–H and O–H groups in total. The van der Waals surface area contributed by atoms with Crippen LogP contribution in [0, 0.1) is 11.8 Å². The molecule has 3 rings (SSSR count). The largest absolute Gasteiger partial charge is 0.481 e. The van der Waals surface area contributed by atoms with Crippen molar-refractivity contribution < 1.29 is 29.3 Å². The second-order valence-corrected chi connectivity index (χ2v) is 10.6. The maximum Gasteiger partial charge on any atom is 0.310 e. The summed E-state index contributed by atoms with van der Waals surface area (Å²) >= 11 is 0. The Morgan fingerprint density at radius 3 is 2.47 bits per heavy atom. The van der Waals surface area contributed by atoms with Crippen LogP contribution in [0.3, 0.4) is 0 Å². The highest BCUT2D eigenvalue weighted by molar-refractivity contribution is 5.98. The molecule has 8 nitrogen and oxygen atoms in total. The van der Waals surface area contributed by atoms with Gasteiger partial charge in [0.15, 0.2) is 0 Å². The molecule has 0 aromatic heterocycles. The maximum atomic E-state index is 14.0. The van der Waals surface area contributed by atoms with Crippen molar-refractivity contribution in [2.75, 3.05) is 19.7 Å². The number of hydrogen-bond donors (Lipinski definition) is 2. The molecule has 0 aromatic carbocycles. The van der Waals surface area contributed by atoms with Crippen LogP contribution in [-0.2, 0) is 19.1 Å². The van der Waals surface area contributed by atoms with Gasteiger partial charge in [0.05, 0.1) is 17.4 Å². The van der Waals surface area contributed by atoms with Crippen LogP contribution in [-0.4, -0.2) is 80.3 Å². The van der Waals surface area contributed by atoms with Crippen molar-refractivity contribution in [3.63, 3.8) is 0 Å². The van der Waals surface area contributed by atoms with Gasteiger partial charge in [0.2, 0.25) is 11.8 Å². The fraction of sp³-hybridized carbons (Fsp3) is 0.792. The second-order valence-electron chi connectivity index (χ2n) is 10.6. The third-order valence-corrected chi connectivity index (χ3v) is 7.47. The van der Waals surface area contributed by atoms with Crippen molar-refractivity contribution in [2.45, 2.75) is 89.0 Å². The standard InChI is InChI=1S/C24H38N2O6/c1-6-13-26(22(2,3)4)20(29)18-24-12-11-23(5,32-24)17(21(30)31)16(24)19(28)25(18)14-9-7-8-10-15-27/h6,16-18,27H,1,7-15H2,2-5H3,(H,30,31)/t16-,17+,18?,23-,24?/m0/s1. The molecule has 8 heteroatoms. The van der Waals surface area contributed by atoms with Gasteiger partial charge in [-0.1, -0.05) is 18.9 Å². The van der Waals surface area contributed by atoms with E-state index in [1.165, 1.54) is 0 Å². The Morgan fingerprint density at radius 2 is 1.91 bits per heavy atom. The van der Waals surface area contributed by atoms with Gasteiger partial charge in [-0.25, -0.2) is 0 Å². The molecule has 0 aromatic rings. The highest BCUT2D eigenvalue weighted by Crippen LogP contribution is 2.63. The number of fused-ring (bicyclic) bond motifs is 1. The number of carboxylic acid groups (broad SMARTS) is 1. The summed E-state index contributed by atoms with van der Waals surface area (Å²) in [6.07, 6.45) is 5.71. The van der Waals surface area contributed by atoms with Crippen LogP contribution < -0.4 is 0 Å². The Labute approximate surface area is 190 Å². The van der Waals surface area contributed by atoms with E-state index in [4.69, 9.17) is 9.84 Å². The molecule has 3 fully saturated rings. The van der Waals surface area contributed by atoms with Crippen LogP contribution in [0.25, 0.3) is 0 Å². The van der Waals surface area contributed by atoms with E-state index in [0.29, 0.717) is 38.8 Å².